The van der Waals surface area contributed by atoms with E-state index in [1.54, 1.807) is 7.11 Å². The normalized spacial score (nSPS) is 10.9. The molecular weight excluding hydrogens is 290 g/mol. The molecular formula is C18H19N3O2. The van der Waals surface area contributed by atoms with Crippen LogP contribution in [0.3, 0.4) is 0 Å². The molecule has 0 atom stereocenters. The Balaban J connectivity index is 1.67. The predicted octanol–water partition coefficient (Wildman–Crippen LogP) is 3.38. The van der Waals surface area contributed by atoms with Gasteiger partial charge < -0.3 is 9.15 Å². The summed E-state index contributed by atoms with van der Waals surface area (Å²) in [4.78, 5) is 2.14. The first-order valence-corrected chi connectivity index (χ1v) is 7.44. The van der Waals surface area contributed by atoms with Crippen LogP contribution in [-0.4, -0.2) is 29.3 Å². The summed E-state index contributed by atoms with van der Waals surface area (Å²) in [7, 11) is 3.67. The summed E-state index contributed by atoms with van der Waals surface area (Å²) >= 11 is 0. The van der Waals surface area contributed by atoms with Gasteiger partial charge in [0.1, 0.15) is 5.75 Å². The molecule has 0 amide bonds. The number of ether oxygens (including phenoxy) is 1. The van der Waals surface area contributed by atoms with Crippen molar-refractivity contribution in [3.8, 4) is 17.2 Å². The van der Waals surface area contributed by atoms with E-state index in [1.807, 2.05) is 49.5 Å². The molecule has 0 saturated carbocycles. The van der Waals surface area contributed by atoms with Crippen molar-refractivity contribution in [3.05, 3.63) is 66.1 Å². The van der Waals surface area contributed by atoms with Crippen LogP contribution in [0.2, 0.25) is 0 Å². The Labute approximate surface area is 135 Å². The molecule has 0 aliphatic rings. The summed E-state index contributed by atoms with van der Waals surface area (Å²) in [6.45, 7) is 1.43. The number of nitrogens with zero attached hydrogens (tertiary/aromatic N) is 3. The highest BCUT2D eigenvalue weighted by Crippen LogP contribution is 2.22. The topological polar surface area (TPSA) is 51.4 Å². The second kappa shape index (κ2) is 7.07. The quantitative estimate of drug-likeness (QED) is 0.698. The van der Waals surface area contributed by atoms with Gasteiger partial charge in [-0.2, -0.15) is 0 Å². The van der Waals surface area contributed by atoms with E-state index in [0.717, 1.165) is 17.9 Å². The number of hydrogen-bond donors (Lipinski definition) is 0. The molecule has 3 aromatic rings. The van der Waals surface area contributed by atoms with E-state index in [2.05, 4.69) is 27.2 Å². The minimum Gasteiger partial charge on any atom is -0.497 e. The predicted molar refractivity (Wildman–Crippen MR) is 87.9 cm³/mol. The summed E-state index contributed by atoms with van der Waals surface area (Å²) in [5, 5.41) is 8.25. The highest BCUT2D eigenvalue weighted by atomic mass is 16.5. The van der Waals surface area contributed by atoms with Crippen LogP contribution in [0.5, 0.6) is 5.75 Å². The summed E-state index contributed by atoms with van der Waals surface area (Å²) in [5.74, 6) is 1.87. The van der Waals surface area contributed by atoms with Crippen LogP contribution in [0.15, 0.2) is 59.0 Å². The lowest BCUT2D eigenvalue weighted by Crippen LogP contribution is -2.17. The van der Waals surface area contributed by atoms with Crippen LogP contribution in [-0.2, 0) is 13.1 Å². The molecule has 118 valence electrons. The van der Waals surface area contributed by atoms with Crippen molar-refractivity contribution in [2.75, 3.05) is 14.2 Å². The summed E-state index contributed by atoms with van der Waals surface area (Å²) in [5.41, 5.74) is 2.11. The molecule has 5 nitrogen and oxygen atoms in total. The lowest BCUT2D eigenvalue weighted by atomic mass is 10.2. The Morgan fingerprint density at radius 2 is 1.83 bits per heavy atom. The molecule has 0 aliphatic heterocycles. The average Bonchev–Trinajstić information content (AvgIpc) is 3.04. The van der Waals surface area contributed by atoms with E-state index in [-0.39, 0.29) is 0 Å². The molecule has 0 saturated heterocycles. The Morgan fingerprint density at radius 3 is 2.61 bits per heavy atom. The third-order valence-corrected chi connectivity index (χ3v) is 3.48. The van der Waals surface area contributed by atoms with Gasteiger partial charge in [0.25, 0.3) is 0 Å². The number of methoxy groups -OCH3 is 1. The van der Waals surface area contributed by atoms with Crippen molar-refractivity contribution < 1.29 is 9.15 Å². The molecule has 1 aromatic heterocycles. The summed E-state index contributed by atoms with van der Waals surface area (Å²) in [6, 6.07) is 17.9. The van der Waals surface area contributed by atoms with Crippen molar-refractivity contribution in [2.24, 2.45) is 0 Å². The zero-order valence-electron chi connectivity index (χ0n) is 13.3. The first-order chi connectivity index (χ1) is 11.2. The minimum absolute atomic E-state index is 0.506. The molecule has 0 spiro atoms. The molecule has 0 unspecified atom stereocenters. The minimum atomic E-state index is 0.506. The number of benzene rings is 2. The standard InChI is InChI=1S/C18H19N3O2/c1-21(12-14-7-4-3-5-8-14)13-17-19-20-18(23-17)15-9-6-10-16(11-15)22-2/h3-11H,12-13H2,1-2H3. The fourth-order valence-electron chi connectivity index (χ4n) is 2.37. The van der Waals surface area contributed by atoms with Gasteiger partial charge >= 0.3 is 0 Å². The average molecular weight is 309 g/mol. The molecule has 0 N–H and O–H groups in total. The number of aromatic nitrogens is 2. The molecule has 2 aromatic carbocycles. The van der Waals surface area contributed by atoms with Crippen LogP contribution < -0.4 is 4.74 Å². The van der Waals surface area contributed by atoms with Gasteiger partial charge in [0.05, 0.1) is 13.7 Å². The van der Waals surface area contributed by atoms with Crippen LogP contribution in [0.25, 0.3) is 11.5 Å². The Kier molecular flexibility index (Phi) is 4.68. The lowest BCUT2D eigenvalue weighted by molar-refractivity contribution is 0.283. The fraction of sp³-hybridized carbons (Fsp3) is 0.222. The Hall–Kier alpha value is -2.66. The van der Waals surface area contributed by atoms with Gasteiger partial charge in [0.15, 0.2) is 0 Å². The van der Waals surface area contributed by atoms with Gasteiger partial charge in [-0.15, -0.1) is 10.2 Å². The van der Waals surface area contributed by atoms with Gasteiger partial charge in [-0.25, -0.2) is 0 Å². The van der Waals surface area contributed by atoms with E-state index in [1.165, 1.54) is 5.56 Å². The van der Waals surface area contributed by atoms with E-state index in [0.29, 0.717) is 18.3 Å². The summed E-state index contributed by atoms with van der Waals surface area (Å²) < 4.78 is 11.0. The maximum Gasteiger partial charge on any atom is 0.247 e. The van der Waals surface area contributed by atoms with Gasteiger partial charge in [-0.05, 0) is 30.8 Å². The maximum atomic E-state index is 5.76. The highest BCUT2D eigenvalue weighted by Gasteiger charge is 2.11. The van der Waals surface area contributed by atoms with E-state index in [4.69, 9.17) is 9.15 Å². The zero-order chi connectivity index (χ0) is 16.1. The van der Waals surface area contributed by atoms with Crippen molar-refractivity contribution in [2.45, 2.75) is 13.1 Å². The maximum absolute atomic E-state index is 5.76. The van der Waals surface area contributed by atoms with Crippen molar-refractivity contribution in [1.82, 2.24) is 15.1 Å². The first-order valence-electron chi connectivity index (χ1n) is 7.44. The smallest absolute Gasteiger partial charge is 0.247 e. The molecule has 0 aliphatic carbocycles. The SMILES string of the molecule is COc1cccc(-c2nnc(CN(C)Cc3ccccc3)o2)c1. The monoisotopic (exact) mass is 309 g/mol. The molecule has 1 heterocycles. The van der Waals surface area contributed by atoms with Crippen LogP contribution >= 0.6 is 0 Å². The third-order valence-electron chi connectivity index (χ3n) is 3.48. The number of rotatable bonds is 6. The third kappa shape index (κ3) is 3.96. The molecule has 5 heteroatoms. The van der Waals surface area contributed by atoms with E-state index >= 15 is 0 Å². The second-order valence-electron chi connectivity index (χ2n) is 5.39. The highest BCUT2D eigenvalue weighted by molar-refractivity contribution is 5.55. The summed E-state index contributed by atoms with van der Waals surface area (Å²) in [6.07, 6.45) is 0. The van der Waals surface area contributed by atoms with Gasteiger partial charge in [0.2, 0.25) is 11.8 Å². The molecule has 0 bridgehead atoms. The first kappa shape index (κ1) is 15.2. The Bertz CT molecular complexity index is 756. The van der Waals surface area contributed by atoms with Gasteiger partial charge in [0, 0.05) is 12.1 Å². The molecule has 0 radical (unpaired) electrons. The Morgan fingerprint density at radius 1 is 1.00 bits per heavy atom. The van der Waals surface area contributed by atoms with Gasteiger partial charge in [-0.3, -0.25) is 4.90 Å². The second-order valence-corrected chi connectivity index (χ2v) is 5.39. The number of hydrogen-bond acceptors (Lipinski definition) is 5. The van der Waals surface area contributed by atoms with Crippen LogP contribution in [0.4, 0.5) is 0 Å². The molecule has 3 rings (SSSR count). The van der Waals surface area contributed by atoms with Crippen LogP contribution in [0, 0.1) is 0 Å². The fourth-order valence-corrected chi connectivity index (χ4v) is 2.37. The molecule has 0 fully saturated rings. The zero-order valence-corrected chi connectivity index (χ0v) is 13.3. The van der Waals surface area contributed by atoms with E-state index < -0.39 is 0 Å². The molecule has 23 heavy (non-hydrogen) atoms. The van der Waals surface area contributed by atoms with Crippen molar-refractivity contribution in [3.63, 3.8) is 0 Å². The van der Waals surface area contributed by atoms with Crippen molar-refractivity contribution in [1.29, 1.82) is 0 Å². The lowest BCUT2D eigenvalue weighted by Gasteiger charge is -2.13. The van der Waals surface area contributed by atoms with Gasteiger partial charge in [-0.1, -0.05) is 36.4 Å². The van der Waals surface area contributed by atoms with Crippen LogP contribution in [0.1, 0.15) is 11.5 Å². The largest absolute Gasteiger partial charge is 0.497 e. The van der Waals surface area contributed by atoms with Crippen molar-refractivity contribution >= 4 is 0 Å². The van der Waals surface area contributed by atoms with E-state index in [9.17, 15) is 0 Å².